The van der Waals surface area contributed by atoms with Crippen molar-refractivity contribution in [2.24, 2.45) is 71.0 Å². The molecule has 14 heteroatoms. The summed E-state index contributed by atoms with van der Waals surface area (Å²) in [6, 6.07) is 0. The minimum atomic E-state index is -0.685. The Labute approximate surface area is 348 Å². The number of aliphatic hydroxyl groups is 1. The summed E-state index contributed by atoms with van der Waals surface area (Å²) < 4.78 is 82.6. The lowest BCUT2D eigenvalue weighted by molar-refractivity contribution is -0.360. The molecule has 0 aromatic rings. The third-order valence-corrected chi connectivity index (χ3v) is 15.7. The largest absolute Gasteiger partial charge is 0.396 e. The van der Waals surface area contributed by atoms with E-state index in [1.165, 1.54) is 0 Å². The maximum absolute atomic E-state index is 9.99. The number of ether oxygens (including phenoxy) is 13. The van der Waals surface area contributed by atoms with Gasteiger partial charge < -0.3 is 66.7 Å². The Balaban J connectivity index is 1.09. The standard InChI is InChI=1S/C44H78O14/c1-21-26(6)43(48-15-32(21)14-45)58-38-31(11)37(56-42-29(9)24(4)35(18-51-42)55-40-28(8)22(2)33(46-12)16-50-40)20-53-44(38)57-36-19-52-41(30(10)25(36)5)54-34-17-49-39(47-13)27(7)23(34)3/h21-45H,14-20H2,1-13H3. The molecule has 1 N–H and O–H groups in total. The van der Waals surface area contributed by atoms with Crippen molar-refractivity contribution in [3.63, 3.8) is 0 Å². The first-order valence-corrected chi connectivity index (χ1v) is 22.3. The first-order valence-electron chi connectivity index (χ1n) is 22.3. The van der Waals surface area contributed by atoms with Crippen LogP contribution in [0.3, 0.4) is 0 Å². The van der Waals surface area contributed by atoms with Crippen LogP contribution in [0.1, 0.15) is 76.2 Å². The first kappa shape index (κ1) is 46.9. The van der Waals surface area contributed by atoms with E-state index in [1.54, 1.807) is 14.2 Å². The molecule has 0 radical (unpaired) electrons. The summed E-state index contributed by atoms with van der Waals surface area (Å²) in [5.41, 5.74) is 0. The van der Waals surface area contributed by atoms with Gasteiger partial charge in [-0.1, -0.05) is 76.2 Å². The van der Waals surface area contributed by atoms with E-state index in [-0.39, 0.29) is 121 Å². The highest BCUT2D eigenvalue weighted by Crippen LogP contribution is 2.41. The van der Waals surface area contributed by atoms with Crippen LogP contribution in [0.15, 0.2) is 0 Å². The quantitative estimate of drug-likeness (QED) is 0.256. The highest BCUT2D eigenvalue weighted by atomic mass is 16.8. The Kier molecular flexibility index (Phi) is 16.8. The van der Waals surface area contributed by atoms with Crippen LogP contribution >= 0.6 is 0 Å². The van der Waals surface area contributed by atoms with E-state index in [1.807, 2.05) is 0 Å². The van der Waals surface area contributed by atoms with Crippen molar-refractivity contribution in [1.29, 1.82) is 0 Å². The molecule has 24 atom stereocenters. The van der Waals surface area contributed by atoms with Crippen LogP contribution in [0.4, 0.5) is 0 Å². The minimum absolute atomic E-state index is 0.0432. The van der Waals surface area contributed by atoms with Gasteiger partial charge in [0.2, 0.25) is 0 Å². The van der Waals surface area contributed by atoms with E-state index in [2.05, 4.69) is 76.2 Å². The molecule has 14 nitrogen and oxygen atoms in total. The lowest BCUT2D eigenvalue weighted by Crippen LogP contribution is -2.58. The van der Waals surface area contributed by atoms with Gasteiger partial charge >= 0.3 is 0 Å². The van der Waals surface area contributed by atoms with Gasteiger partial charge in [0, 0.05) is 62.3 Å². The van der Waals surface area contributed by atoms with E-state index in [4.69, 9.17) is 61.6 Å². The van der Waals surface area contributed by atoms with Gasteiger partial charge in [-0.3, -0.25) is 0 Å². The van der Waals surface area contributed by atoms with E-state index < -0.39 is 25.0 Å². The topological polar surface area (TPSA) is 140 Å². The molecule has 0 aliphatic carbocycles. The summed E-state index contributed by atoms with van der Waals surface area (Å²) in [5, 5.41) is 9.99. The van der Waals surface area contributed by atoms with Crippen LogP contribution in [-0.4, -0.2) is 140 Å². The predicted octanol–water partition coefficient (Wildman–Crippen LogP) is 5.32. The zero-order valence-corrected chi connectivity index (χ0v) is 37.6. The van der Waals surface area contributed by atoms with Gasteiger partial charge in [-0.25, -0.2) is 0 Å². The third kappa shape index (κ3) is 10.1. The Hall–Kier alpha value is -0.560. The fourth-order valence-corrected chi connectivity index (χ4v) is 9.65. The second-order valence-corrected chi connectivity index (χ2v) is 18.9. The van der Waals surface area contributed by atoms with Gasteiger partial charge in [-0.05, 0) is 29.6 Å². The van der Waals surface area contributed by atoms with E-state index in [9.17, 15) is 5.11 Å². The maximum atomic E-state index is 9.99. The van der Waals surface area contributed by atoms with Crippen LogP contribution in [-0.2, 0) is 61.6 Å². The second kappa shape index (κ2) is 20.7. The van der Waals surface area contributed by atoms with E-state index in [0.29, 0.717) is 45.6 Å². The van der Waals surface area contributed by atoms with Crippen molar-refractivity contribution in [3.05, 3.63) is 0 Å². The summed E-state index contributed by atoms with van der Waals surface area (Å²) in [6.45, 7) is 26.3. The Morgan fingerprint density at radius 2 is 0.672 bits per heavy atom. The number of rotatable bonds is 13. The van der Waals surface area contributed by atoms with Crippen molar-refractivity contribution in [1.82, 2.24) is 0 Å². The minimum Gasteiger partial charge on any atom is -0.396 e. The third-order valence-electron chi connectivity index (χ3n) is 15.7. The van der Waals surface area contributed by atoms with Crippen LogP contribution in [0, 0.1) is 71.0 Å². The van der Waals surface area contributed by atoms with E-state index in [0.717, 1.165) is 0 Å². The molecular formula is C44H78O14. The molecule has 0 aromatic carbocycles. The highest BCUT2D eigenvalue weighted by molar-refractivity contribution is 4.90. The monoisotopic (exact) mass is 831 g/mol. The Morgan fingerprint density at radius 3 is 1.12 bits per heavy atom. The molecule has 6 aliphatic rings. The SMILES string of the molecule is COC1COC(OC2COC(OC3COC(OC4COC(OC5COC(OC)C(C)C5C)C(C)C4C)C(OC4OCC(CO)C(C)C4C)C3C)C(C)C2C)C(C)C1C. The lowest BCUT2D eigenvalue weighted by atomic mass is 9.82. The van der Waals surface area contributed by atoms with Crippen molar-refractivity contribution >= 4 is 0 Å². The van der Waals surface area contributed by atoms with Crippen molar-refractivity contribution in [3.8, 4) is 0 Å². The molecule has 0 spiro atoms. The normalized spacial score (nSPS) is 52.0. The number of hydrogen-bond donors (Lipinski definition) is 1. The average Bonchev–Trinajstić information content (AvgIpc) is 3.21. The summed E-state index contributed by atoms with van der Waals surface area (Å²) in [4.78, 5) is 0. The molecule has 6 fully saturated rings. The molecule has 0 amide bonds. The maximum Gasteiger partial charge on any atom is 0.184 e. The number of aliphatic hydroxyl groups excluding tert-OH is 1. The van der Waals surface area contributed by atoms with Crippen molar-refractivity contribution < 1.29 is 66.7 Å². The molecule has 0 bridgehead atoms. The zero-order valence-electron chi connectivity index (χ0n) is 37.6. The molecule has 6 aliphatic heterocycles. The smallest absolute Gasteiger partial charge is 0.184 e. The second-order valence-electron chi connectivity index (χ2n) is 18.9. The molecule has 6 saturated heterocycles. The Bertz CT molecular complexity index is 1250. The average molecular weight is 831 g/mol. The molecule has 0 saturated carbocycles. The molecule has 58 heavy (non-hydrogen) atoms. The van der Waals surface area contributed by atoms with Crippen molar-refractivity contribution in [2.45, 2.75) is 151 Å². The lowest BCUT2D eigenvalue weighted by Gasteiger charge is -2.49. The fraction of sp³-hybridized carbons (Fsp3) is 1.00. The summed E-state index contributed by atoms with van der Waals surface area (Å²) in [7, 11) is 3.42. The molecule has 0 aromatic heterocycles. The van der Waals surface area contributed by atoms with Gasteiger partial charge in [0.25, 0.3) is 0 Å². The Morgan fingerprint density at radius 1 is 0.345 bits per heavy atom. The van der Waals surface area contributed by atoms with Crippen molar-refractivity contribution in [2.75, 3.05) is 60.5 Å². The first-order chi connectivity index (χ1) is 27.7. The molecular weight excluding hydrogens is 752 g/mol. The summed E-state index contributed by atoms with van der Waals surface area (Å²) in [6.07, 6.45) is -3.82. The van der Waals surface area contributed by atoms with Gasteiger partial charge in [0.1, 0.15) is 6.10 Å². The summed E-state index contributed by atoms with van der Waals surface area (Å²) in [5.74, 6) is 1.48. The molecule has 6 heterocycles. The fourth-order valence-electron chi connectivity index (χ4n) is 9.65. The molecule has 24 unspecified atom stereocenters. The van der Waals surface area contributed by atoms with E-state index >= 15 is 0 Å². The van der Waals surface area contributed by atoms with Crippen LogP contribution in [0.5, 0.6) is 0 Å². The van der Waals surface area contributed by atoms with Gasteiger partial charge in [-0.2, -0.15) is 0 Å². The predicted molar refractivity (Wildman–Crippen MR) is 212 cm³/mol. The van der Waals surface area contributed by atoms with Crippen LogP contribution in [0.2, 0.25) is 0 Å². The van der Waals surface area contributed by atoms with Gasteiger partial charge in [0.05, 0.1) is 70.2 Å². The van der Waals surface area contributed by atoms with Gasteiger partial charge in [-0.15, -0.1) is 0 Å². The number of hydrogen-bond acceptors (Lipinski definition) is 14. The van der Waals surface area contributed by atoms with Crippen LogP contribution in [0.25, 0.3) is 0 Å². The van der Waals surface area contributed by atoms with Gasteiger partial charge in [0.15, 0.2) is 37.7 Å². The number of methoxy groups -OCH3 is 2. The molecule has 6 rings (SSSR count). The highest BCUT2D eigenvalue weighted by Gasteiger charge is 2.50. The molecule has 338 valence electrons. The van der Waals surface area contributed by atoms with Crippen LogP contribution < -0.4 is 0 Å². The zero-order chi connectivity index (χ0) is 42.0. The summed E-state index contributed by atoms with van der Waals surface area (Å²) >= 11 is 0.